The molecule has 1 heterocycles. The molecule has 0 saturated heterocycles. The van der Waals surface area contributed by atoms with Crippen molar-refractivity contribution in [2.24, 2.45) is 0 Å². The van der Waals surface area contributed by atoms with Crippen molar-refractivity contribution in [3.8, 4) is 0 Å². The third-order valence-corrected chi connectivity index (χ3v) is 4.11. The largest absolute Gasteiger partial charge is 0.465 e. The Morgan fingerprint density at radius 2 is 2.15 bits per heavy atom. The van der Waals surface area contributed by atoms with Gasteiger partial charge in [0, 0.05) is 11.7 Å². The van der Waals surface area contributed by atoms with Crippen LogP contribution in [0.4, 0.5) is 0 Å². The molecular formula is C14H15N3O2S. The lowest BCUT2D eigenvalue weighted by Crippen LogP contribution is -2.00. The minimum atomic E-state index is -0.313. The molecule has 1 aliphatic carbocycles. The fraction of sp³-hybridized carbons (Fsp3) is 0.357. The summed E-state index contributed by atoms with van der Waals surface area (Å²) < 4.78 is 4.67. The molecule has 5 nitrogen and oxygen atoms in total. The molecular weight excluding hydrogens is 274 g/mol. The topological polar surface area (TPSA) is 67.9 Å². The van der Waals surface area contributed by atoms with Crippen molar-refractivity contribution in [2.75, 3.05) is 7.11 Å². The van der Waals surface area contributed by atoms with E-state index in [9.17, 15) is 4.79 Å². The van der Waals surface area contributed by atoms with E-state index in [4.69, 9.17) is 0 Å². The number of hydrogen-bond donors (Lipinski definition) is 1. The second-order valence-corrected chi connectivity index (χ2v) is 5.70. The average Bonchev–Trinajstić information content (AvgIpc) is 3.24. The van der Waals surface area contributed by atoms with E-state index in [0.717, 1.165) is 22.3 Å². The Morgan fingerprint density at radius 3 is 2.80 bits per heavy atom. The third-order valence-electron chi connectivity index (χ3n) is 3.19. The molecule has 1 aromatic carbocycles. The zero-order valence-electron chi connectivity index (χ0n) is 11.1. The maximum absolute atomic E-state index is 11.3. The van der Waals surface area contributed by atoms with E-state index in [0.29, 0.717) is 11.5 Å². The van der Waals surface area contributed by atoms with Gasteiger partial charge in [-0.05, 0) is 30.5 Å². The normalized spacial score (nSPS) is 14.2. The SMILES string of the molecule is COC(=O)c1ccc(CSc2n[nH]c(C3CC3)n2)cc1. The number of nitrogens with one attached hydrogen (secondary N) is 1. The van der Waals surface area contributed by atoms with Crippen LogP contribution < -0.4 is 0 Å². The van der Waals surface area contributed by atoms with E-state index >= 15 is 0 Å². The predicted molar refractivity (Wildman–Crippen MR) is 75.7 cm³/mol. The lowest BCUT2D eigenvalue weighted by atomic mass is 10.1. The maximum Gasteiger partial charge on any atom is 0.337 e. The number of rotatable bonds is 5. The zero-order valence-corrected chi connectivity index (χ0v) is 11.9. The van der Waals surface area contributed by atoms with Crippen molar-refractivity contribution in [1.29, 1.82) is 0 Å². The lowest BCUT2D eigenvalue weighted by molar-refractivity contribution is 0.0600. The number of aromatic amines is 1. The Labute approximate surface area is 121 Å². The summed E-state index contributed by atoms with van der Waals surface area (Å²) in [6, 6.07) is 7.39. The van der Waals surface area contributed by atoms with Crippen LogP contribution in [0, 0.1) is 0 Å². The van der Waals surface area contributed by atoms with E-state index in [1.54, 1.807) is 23.9 Å². The molecule has 0 spiro atoms. The Hall–Kier alpha value is -1.82. The third kappa shape index (κ3) is 3.01. The molecule has 0 radical (unpaired) electrons. The van der Waals surface area contributed by atoms with Crippen LogP contribution in [-0.2, 0) is 10.5 Å². The van der Waals surface area contributed by atoms with E-state index in [1.807, 2.05) is 12.1 Å². The fourth-order valence-corrected chi connectivity index (χ4v) is 2.63. The molecule has 2 aromatic rings. The Morgan fingerprint density at radius 1 is 1.40 bits per heavy atom. The van der Waals surface area contributed by atoms with Crippen molar-refractivity contribution >= 4 is 17.7 Å². The molecule has 0 aliphatic heterocycles. The van der Waals surface area contributed by atoms with Gasteiger partial charge in [-0.2, -0.15) is 0 Å². The van der Waals surface area contributed by atoms with Crippen LogP contribution in [0.25, 0.3) is 0 Å². The molecule has 1 saturated carbocycles. The summed E-state index contributed by atoms with van der Waals surface area (Å²) in [5, 5.41) is 7.98. The minimum Gasteiger partial charge on any atom is -0.465 e. The van der Waals surface area contributed by atoms with Crippen LogP contribution in [0.1, 0.15) is 40.5 Å². The van der Waals surface area contributed by atoms with Crippen LogP contribution in [-0.4, -0.2) is 28.3 Å². The summed E-state index contributed by atoms with van der Waals surface area (Å²) in [6.45, 7) is 0. The monoisotopic (exact) mass is 289 g/mol. The Kier molecular flexibility index (Phi) is 3.73. The van der Waals surface area contributed by atoms with Crippen molar-refractivity contribution in [3.05, 3.63) is 41.2 Å². The molecule has 104 valence electrons. The van der Waals surface area contributed by atoms with Gasteiger partial charge in [0.2, 0.25) is 5.16 Å². The first-order valence-corrected chi connectivity index (χ1v) is 7.47. The van der Waals surface area contributed by atoms with Crippen LogP contribution >= 0.6 is 11.8 Å². The molecule has 3 rings (SSSR count). The number of hydrogen-bond acceptors (Lipinski definition) is 5. The van der Waals surface area contributed by atoms with Gasteiger partial charge in [-0.1, -0.05) is 23.9 Å². The van der Waals surface area contributed by atoms with Crippen molar-refractivity contribution in [2.45, 2.75) is 29.7 Å². The standard InChI is InChI=1S/C14H15N3O2S/c1-19-13(18)11-4-2-9(3-5-11)8-20-14-15-12(16-17-14)10-6-7-10/h2-5,10H,6-8H2,1H3,(H,15,16,17). The molecule has 0 unspecified atom stereocenters. The number of H-pyrrole nitrogens is 1. The minimum absolute atomic E-state index is 0.313. The number of carbonyl (C=O) groups excluding carboxylic acids is 1. The molecule has 6 heteroatoms. The van der Waals surface area contributed by atoms with E-state index in [1.165, 1.54) is 20.0 Å². The maximum atomic E-state index is 11.3. The van der Waals surface area contributed by atoms with Gasteiger partial charge >= 0.3 is 5.97 Å². The number of thioether (sulfide) groups is 1. The second kappa shape index (κ2) is 5.66. The van der Waals surface area contributed by atoms with E-state index in [2.05, 4.69) is 19.9 Å². The highest BCUT2D eigenvalue weighted by molar-refractivity contribution is 7.98. The molecule has 20 heavy (non-hydrogen) atoms. The van der Waals surface area contributed by atoms with Crippen molar-refractivity contribution in [1.82, 2.24) is 15.2 Å². The van der Waals surface area contributed by atoms with Crippen LogP contribution in [0.5, 0.6) is 0 Å². The Bertz CT molecular complexity index is 605. The number of benzene rings is 1. The molecule has 1 fully saturated rings. The molecule has 1 aliphatic rings. The first kappa shape index (κ1) is 13.2. The first-order chi connectivity index (χ1) is 9.76. The van der Waals surface area contributed by atoms with Crippen LogP contribution in [0.15, 0.2) is 29.4 Å². The number of esters is 1. The molecule has 0 bridgehead atoms. The van der Waals surface area contributed by atoms with Gasteiger partial charge in [-0.15, -0.1) is 5.10 Å². The van der Waals surface area contributed by atoms with Crippen molar-refractivity contribution < 1.29 is 9.53 Å². The molecule has 1 N–H and O–H groups in total. The van der Waals surface area contributed by atoms with Gasteiger partial charge in [0.25, 0.3) is 0 Å². The van der Waals surface area contributed by atoms with Crippen LogP contribution in [0.3, 0.4) is 0 Å². The van der Waals surface area contributed by atoms with Crippen molar-refractivity contribution in [3.63, 3.8) is 0 Å². The number of methoxy groups -OCH3 is 1. The quantitative estimate of drug-likeness (QED) is 0.677. The smallest absolute Gasteiger partial charge is 0.337 e. The van der Waals surface area contributed by atoms with E-state index in [-0.39, 0.29) is 5.97 Å². The number of nitrogens with zero attached hydrogens (tertiary/aromatic N) is 2. The highest BCUT2D eigenvalue weighted by Crippen LogP contribution is 2.38. The molecule has 0 atom stereocenters. The highest BCUT2D eigenvalue weighted by Gasteiger charge is 2.27. The Balaban J connectivity index is 1.58. The highest BCUT2D eigenvalue weighted by atomic mass is 32.2. The number of ether oxygens (including phenoxy) is 1. The van der Waals surface area contributed by atoms with Gasteiger partial charge in [0.05, 0.1) is 12.7 Å². The van der Waals surface area contributed by atoms with Gasteiger partial charge < -0.3 is 4.74 Å². The fourth-order valence-electron chi connectivity index (χ4n) is 1.86. The zero-order chi connectivity index (χ0) is 13.9. The molecule has 0 amide bonds. The second-order valence-electron chi connectivity index (χ2n) is 4.75. The lowest BCUT2D eigenvalue weighted by Gasteiger charge is -2.01. The summed E-state index contributed by atoms with van der Waals surface area (Å²) in [5.41, 5.74) is 1.69. The predicted octanol–water partition coefficient (Wildman–Crippen LogP) is 2.76. The van der Waals surface area contributed by atoms with Gasteiger partial charge in [0.15, 0.2) is 0 Å². The van der Waals surface area contributed by atoms with Gasteiger partial charge in [-0.25, -0.2) is 9.78 Å². The van der Waals surface area contributed by atoms with Crippen LogP contribution in [0.2, 0.25) is 0 Å². The number of aromatic nitrogens is 3. The van der Waals surface area contributed by atoms with E-state index < -0.39 is 0 Å². The summed E-state index contributed by atoms with van der Waals surface area (Å²) in [5.74, 6) is 2.07. The summed E-state index contributed by atoms with van der Waals surface area (Å²) in [7, 11) is 1.38. The average molecular weight is 289 g/mol. The summed E-state index contributed by atoms with van der Waals surface area (Å²) >= 11 is 1.59. The van der Waals surface area contributed by atoms with Gasteiger partial charge in [-0.3, -0.25) is 5.10 Å². The summed E-state index contributed by atoms with van der Waals surface area (Å²) in [4.78, 5) is 15.8. The first-order valence-electron chi connectivity index (χ1n) is 6.48. The summed E-state index contributed by atoms with van der Waals surface area (Å²) in [6.07, 6.45) is 2.43. The number of carbonyl (C=O) groups is 1. The molecule has 1 aromatic heterocycles. The van der Waals surface area contributed by atoms with Gasteiger partial charge in [0.1, 0.15) is 5.82 Å².